The summed E-state index contributed by atoms with van der Waals surface area (Å²) >= 11 is 0. The van der Waals surface area contributed by atoms with Crippen LogP contribution in [0.25, 0.3) is 10.8 Å². The summed E-state index contributed by atoms with van der Waals surface area (Å²) in [6, 6.07) is 15.3. The van der Waals surface area contributed by atoms with Crippen molar-refractivity contribution in [1.29, 1.82) is 0 Å². The third-order valence-electron chi connectivity index (χ3n) is 3.86. The number of phenols is 1. The maximum absolute atomic E-state index is 12.6. The number of hydrogen-bond acceptors (Lipinski definition) is 4. The van der Waals surface area contributed by atoms with Gasteiger partial charge in [0.1, 0.15) is 5.75 Å². The predicted molar refractivity (Wildman–Crippen MR) is 91.4 cm³/mol. The summed E-state index contributed by atoms with van der Waals surface area (Å²) in [7, 11) is 0. The fraction of sp³-hybridized carbons (Fsp3) is 0. The highest BCUT2D eigenvalue weighted by Gasteiger charge is 2.24. The zero-order chi connectivity index (χ0) is 16.7. The van der Waals surface area contributed by atoms with E-state index >= 15 is 0 Å². The molecule has 3 aromatic carbocycles. The highest BCUT2D eigenvalue weighted by Crippen LogP contribution is 2.34. The zero-order valence-electron chi connectivity index (χ0n) is 12.4. The average Bonchev–Trinajstić information content (AvgIpc) is 2.95. The van der Waals surface area contributed by atoms with E-state index in [2.05, 4.69) is 10.3 Å². The maximum Gasteiger partial charge on any atom is 0.331 e. The first-order valence-electron chi connectivity index (χ1n) is 7.29. The lowest BCUT2D eigenvalue weighted by atomic mass is 10.0. The molecule has 3 aromatic rings. The number of nitroso groups, excluding NO2 is 1. The van der Waals surface area contributed by atoms with Gasteiger partial charge in [0.05, 0.1) is 5.56 Å². The normalized spacial score (nSPS) is 12.4. The SMILES string of the molecule is O=C(Nc1ccc2c(c1)[N+](=O)C=N2)c1cc(O)cc2ccccc12. The van der Waals surface area contributed by atoms with Gasteiger partial charge >= 0.3 is 6.34 Å². The molecule has 0 radical (unpaired) electrons. The fourth-order valence-electron chi connectivity index (χ4n) is 2.74. The monoisotopic (exact) mass is 318 g/mol. The summed E-state index contributed by atoms with van der Waals surface area (Å²) in [5.41, 5.74) is 1.79. The van der Waals surface area contributed by atoms with Gasteiger partial charge in [-0.1, -0.05) is 29.2 Å². The van der Waals surface area contributed by atoms with Gasteiger partial charge in [-0.2, -0.15) is 0 Å². The Labute approximate surface area is 136 Å². The Balaban J connectivity index is 1.71. The Morgan fingerprint density at radius 2 is 1.92 bits per heavy atom. The van der Waals surface area contributed by atoms with E-state index in [1.54, 1.807) is 24.3 Å². The maximum atomic E-state index is 12.6. The van der Waals surface area contributed by atoms with Gasteiger partial charge in [0.25, 0.3) is 5.91 Å². The molecule has 24 heavy (non-hydrogen) atoms. The molecule has 0 atom stereocenters. The molecule has 116 valence electrons. The van der Waals surface area contributed by atoms with Crippen LogP contribution in [0.3, 0.4) is 0 Å². The van der Waals surface area contributed by atoms with E-state index in [0.29, 0.717) is 27.4 Å². The van der Waals surface area contributed by atoms with Crippen LogP contribution in [-0.2, 0) is 0 Å². The lowest BCUT2D eigenvalue weighted by Crippen LogP contribution is -2.12. The summed E-state index contributed by atoms with van der Waals surface area (Å²) in [6.45, 7) is 0. The van der Waals surface area contributed by atoms with Crippen LogP contribution >= 0.6 is 0 Å². The van der Waals surface area contributed by atoms with E-state index in [0.717, 1.165) is 10.8 Å². The Kier molecular flexibility index (Phi) is 3.09. The van der Waals surface area contributed by atoms with Crippen molar-refractivity contribution >= 4 is 40.1 Å². The first kappa shape index (κ1) is 14.1. The van der Waals surface area contributed by atoms with Crippen molar-refractivity contribution in [3.63, 3.8) is 0 Å². The van der Waals surface area contributed by atoms with Crippen molar-refractivity contribution in [2.75, 3.05) is 5.32 Å². The van der Waals surface area contributed by atoms with Crippen molar-refractivity contribution in [2.45, 2.75) is 0 Å². The Hall–Kier alpha value is -3.54. The summed E-state index contributed by atoms with van der Waals surface area (Å²) in [5.74, 6) is -0.342. The molecular weight excluding hydrogens is 306 g/mol. The molecule has 1 aliphatic heterocycles. The van der Waals surface area contributed by atoms with E-state index in [1.165, 1.54) is 12.4 Å². The highest BCUT2D eigenvalue weighted by atomic mass is 16.3. The van der Waals surface area contributed by atoms with Gasteiger partial charge in [0.15, 0.2) is 0 Å². The number of aliphatic imine (C=N–C) groups is 1. The fourth-order valence-corrected chi connectivity index (χ4v) is 2.74. The summed E-state index contributed by atoms with van der Waals surface area (Å²) in [4.78, 5) is 28.2. The minimum atomic E-state index is -0.363. The molecule has 0 fully saturated rings. The van der Waals surface area contributed by atoms with Crippen LogP contribution in [0.5, 0.6) is 5.75 Å². The van der Waals surface area contributed by atoms with Crippen molar-refractivity contribution in [3.05, 3.63) is 65.1 Å². The van der Waals surface area contributed by atoms with Crippen LogP contribution in [0.4, 0.5) is 17.1 Å². The molecule has 2 N–H and O–H groups in total. The van der Waals surface area contributed by atoms with Crippen molar-refractivity contribution in [3.8, 4) is 5.75 Å². The number of hydrogen-bond donors (Lipinski definition) is 2. The van der Waals surface area contributed by atoms with Gasteiger partial charge in [0.2, 0.25) is 11.4 Å². The number of rotatable bonds is 2. The van der Waals surface area contributed by atoms with E-state index < -0.39 is 0 Å². The second-order valence-corrected chi connectivity index (χ2v) is 5.44. The van der Waals surface area contributed by atoms with Gasteiger partial charge in [0, 0.05) is 16.5 Å². The molecule has 0 aromatic heterocycles. The molecule has 1 heterocycles. The minimum absolute atomic E-state index is 0.0203. The van der Waals surface area contributed by atoms with Gasteiger partial charge in [-0.25, -0.2) is 0 Å². The smallest absolute Gasteiger partial charge is 0.331 e. The van der Waals surface area contributed by atoms with E-state index in [1.807, 2.05) is 24.3 Å². The van der Waals surface area contributed by atoms with Crippen molar-refractivity contribution in [2.24, 2.45) is 4.99 Å². The number of phenolic OH excluding ortho intramolecular Hbond substituents is 1. The van der Waals surface area contributed by atoms with Crippen molar-refractivity contribution < 1.29 is 14.7 Å². The van der Waals surface area contributed by atoms with Crippen LogP contribution in [0.15, 0.2) is 59.6 Å². The van der Waals surface area contributed by atoms with Crippen LogP contribution in [0.2, 0.25) is 0 Å². The van der Waals surface area contributed by atoms with E-state index in [4.69, 9.17) is 0 Å². The number of fused-ring (bicyclic) bond motifs is 2. The minimum Gasteiger partial charge on any atom is -0.508 e. The van der Waals surface area contributed by atoms with Gasteiger partial charge < -0.3 is 10.4 Å². The summed E-state index contributed by atoms with van der Waals surface area (Å²) in [6.07, 6.45) is 1.18. The summed E-state index contributed by atoms with van der Waals surface area (Å²) < 4.78 is 0.648. The molecule has 1 amide bonds. The van der Waals surface area contributed by atoms with E-state index in [9.17, 15) is 14.8 Å². The largest absolute Gasteiger partial charge is 0.508 e. The van der Waals surface area contributed by atoms with Crippen LogP contribution in [0, 0.1) is 4.91 Å². The Bertz CT molecular complexity index is 1040. The lowest BCUT2D eigenvalue weighted by molar-refractivity contribution is -0.314. The molecule has 6 heteroatoms. The molecule has 4 rings (SSSR count). The first-order chi connectivity index (χ1) is 11.6. The highest BCUT2D eigenvalue weighted by molar-refractivity contribution is 6.13. The van der Waals surface area contributed by atoms with Crippen LogP contribution in [-0.4, -0.2) is 22.1 Å². The van der Waals surface area contributed by atoms with Gasteiger partial charge in [-0.15, -0.1) is 0 Å². The third-order valence-corrected chi connectivity index (χ3v) is 3.86. The Morgan fingerprint density at radius 1 is 1.08 bits per heavy atom. The molecule has 1 aliphatic rings. The number of carbonyl (C=O) groups is 1. The number of amides is 1. The number of anilines is 1. The molecule has 0 bridgehead atoms. The number of nitrogens with one attached hydrogen (secondary N) is 1. The number of aromatic hydroxyl groups is 1. The first-order valence-corrected chi connectivity index (χ1v) is 7.29. The number of carbonyl (C=O) groups excluding carboxylic acids is 1. The standard InChI is InChI=1S/C18H11N3O3/c22-13-7-11-3-1-2-4-14(11)15(9-13)18(23)20-12-5-6-16-17(8-12)21(24)10-19-16/h1-10H,(H-,20,22,23,24)/p+1. The van der Waals surface area contributed by atoms with Crippen molar-refractivity contribution in [1.82, 2.24) is 0 Å². The number of benzene rings is 3. The molecule has 0 unspecified atom stereocenters. The molecule has 6 nitrogen and oxygen atoms in total. The predicted octanol–water partition coefficient (Wildman–Crippen LogP) is 3.88. The Morgan fingerprint density at radius 3 is 2.79 bits per heavy atom. The quantitative estimate of drug-likeness (QED) is 0.703. The molecule has 0 aliphatic carbocycles. The second-order valence-electron chi connectivity index (χ2n) is 5.44. The summed E-state index contributed by atoms with van der Waals surface area (Å²) in [5, 5.41) is 14.1. The van der Waals surface area contributed by atoms with Gasteiger partial charge in [-0.05, 0) is 40.0 Å². The van der Waals surface area contributed by atoms with Crippen LogP contribution in [0.1, 0.15) is 10.4 Å². The molecule has 0 saturated carbocycles. The van der Waals surface area contributed by atoms with Crippen LogP contribution < -0.4 is 5.32 Å². The number of nitrogens with zero attached hydrogens (tertiary/aromatic N) is 2. The second kappa shape index (κ2) is 5.27. The lowest BCUT2D eigenvalue weighted by Gasteiger charge is -2.09. The zero-order valence-corrected chi connectivity index (χ0v) is 12.4. The molecule has 0 saturated heterocycles. The third kappa shape index (κ3) is 2.30. The average molecular weight is 318 g/mol. The van der Waals surface area contributed by atoms with Gasteiger partial charge in [-0.3, -0.25) is 4.79 Å². The topological polar surface area (TPSA) is 81.8 Å². The molecular formula is C18H12N3O3+. The van der Waals surface area contributed by atoms with E-state index in [-0.39, 0.29) is 11.7 Å². The molecule has 0 spiro atoms.